The Hall–Kier alpha value is -0.540. The van der Waals surface area contributed by atoms with E-state index < -0.39 is 0 Å². The molecule has 0 bridgehead atoms. The molecule has 0 spiro atoms. The Morgan fingerprint density at radius 1 is 1.57 bits per heavy atom. The number of benzene rings is 1. The maximum atomic E-state index is 11.0. The van der Waals surface area contributed by atoms with E-state index in [0.29, 0.717) is 17.9 Å². The highest BCUT2D eigenvalue weighted by Gasteiger charge is 2.03. The Morgan fingerprint density at radius 3 is 2.86 bits per heavy atom. The van der Waals surface area contributed by atoms with Crippen molar-refractivity contribution in [2.45, 2.75) is 12.8 Å². The van der Waals surface area contributed by atoms with Crippen molar-refractivity contribution in [3.63, 3.8) is 0 Å². The third kappa shape index (κ3) is 3.31. The van der Waals surface area contributed by atoms with Crippen molar-refractivity contribution in [1.82, 2.24) is 5.32 Å². The summed E-state index contributed by atoms with van der Waals surface area (Å²) in [5.41, 5.74) is 0.999. The standard InChI is InChI=1S/C10H11BrClNO/c1-13-10(14)5-3-7-2-4-8(11)6-9(7)12/h2,4,6H,3,5H2,1H3,(H,13,14). The Bertz CT molecular complexity index is 341. The number of rotatable bonds is 3. The fraction of sp³-hybridized carbons (Fsp3) is 0.300. The van der Waals surface area contributed by atoms with Gasteiger partial charge in [0.1, 0.15) is 0 Å². The third-order valence-corrected chi connectivity index (χ3v) is 2.76. The zero-order valence-electron chi connectivity index (χ0n) is 7.81. The van der Waals surface area contributed by atoms with E-state index in [0.717, 1.165) is 10.0 Å². The fourth-order valence-corrected chi connectivity index (χ4v) is 1.87. The molecule has 4 heteroatoms. The molecule has 0 radical (unpaired) electrons. The lowest BCUT2D eigenvalue weighted by atomic mass is 10.1. The summed E-state index contributed by atoms with van der Waals surface area (Å²) >= 11 is 9.32. The Morgan fingerprint density at radius 2 is 2.29 bits per heavy atom. The van der Waals surface area contributed by atoms with Gasteiger partial charge in [0.05, 0.1) is 0 Å². The molecule has 76 valence electrons. The predicted molar refractivity (Wildman–Crippen MR) is 61.5 cm³/mol. The van der Waals surface area contributed by atoms with Gasteiger partial charge in [-0.2, -0.15) is 0 Å². The van der Waals surface area contributed by atoms with Gasteiger partial charge < -0.3 is 5.32 Å². The Labute approximate surface area is 96.8 Å². The first-order valence-corrected chi connectivity index (χ1v) is 5.45. The molecule has 0 saturated heterocycles. The average Bonchev–Trinajstić information content (AvgIpc) is 2.16. The zero-order valence-corrected chi connectivity index (χ0v) is 10.2. The van der Waals surface area contributed by atoms with Crippen molar-refractivity contribution < 1.29 is 4.79 Å². The molecule has 1 aromatic rings. The molecule has 0 aliphatic rings. The van der Waals surface area contributed by atoms with Crippen LogP contribution in [0.5, 0.6) is 0 Å². The molecule has 0 unspecified atom stereocenters. The van der Waals surface area contributed by atoms with E-state index >= 15 is 0 Å². The van der Waals surface area contributed by atoms with Crippen molar-refractivity contribution >= 4 is 33.4 Å². The molecule has 0 saturated carbocycles. The van der Waals surface area contributed by atoms with Crippen LogP contribution >= 0.6 is 27.5 Å². The second-order valence-electron chi connectivity index (χ2n) is 2.91. The summed E-state index contributed by atoms with van der Waals surface area (Å²) in [5.74, 6) is 0.0315. The van der Waals surface area contributed by atoms with E-state index in [1.54, 1.807) is 7.05 Å². The molecule has 0 heterocycles. The van der Waals surface area contributed by atoms with Gasteiger partial charge in [-0.1, -0.05) is 33.6 Å². The average molecular weight is 277 g/mol. The van der Waals surface area contributed by atoms with Crippen LogP contribution in [0.15, 0.2) is 22.7 Å². The largest absolute Gasteiger partial charge is 0.359 e. The molecule has 1 amide bonds. The van der Waals surface area contributed by atoms with Crippen molar-refractivity contribution in [1.29, 1.82) is 0 Å². The van der Waals surface area contributed by atoms with Crippen molar-refractivity contribution in [2.75, 3.05) is 7.05 Å². The minimum absolute atomic E-state index is 0.0315. The van der Waals surface area contributed by atoms with E-state index in [4.69, 9.17) is 11.6 Å². The number of aryl methyl sites for hydroxylation is 1. The highest BCUT2D eigenvalue weighted by Crippen LogP contribution is 2.22. The Kier molecular flexibility index (Phi) is 4.42. The minimum atomic E-state index is 0.0315. The molecule has 0 fully saturated rings. The quantitative estimate of drug-likeness (QED) is 0.904. The predicted octanol–water partition coefficient (Wildman–Crippen LogP) is 2.78. The Balaban J connectivity index is 2.63. The molecule has 2 nitrogen and oxygen atoms in total. The zero-order chi connectivity index (χ0) is 10.6. The third-order valence-electron chi connectivity index (χ3n) is 1.92. The van der Waals surface area contributed by atoms with Crippen LogP contribution < -0.4 is 5.32 Å². The van der Waals surface area contributed by atoms with Gasteiger partial charge in [0.2, 0.25) is 5.91 Å². The highest BCUT2D eigenvalue weighted by molar-refractivity contribution is 9.10. The summed E-state index contributed by atoms with van der Waals surface area (Å²) in [7, 11) is 1.63. The van der Waals surface area contributed by atoms with E-state index in [1.807, 2.05) is 18.2 Å². The topological polar surface area (TPSA) is 29.1 Å². The maximum Gasteiger partial charge on any atom is 0.220 e. The second-order valence-corrected chi connectivity index (χ2v) is 4.23. The van der Waals surface area contributed by atoms with Gasteiger partial charge in [-0.25, -0.2) is 0 Å². The van der Waals surface area contributed by atoms with E-state index in [-0.39, 0.29) is 5.91 Å². The number of carbonyl (C=O) groups is 1. The first-order valence-electron chi connectivity index (χ1n) is 4.28. The SMILES string of the molecule is CNC(=O)CCc1ccc(Br)cc1Cl. The summed E-state index contributed by atoms with van der Waals surface area (Å²) in [6.45, 7) is 0. The van der Waals surface area contributed by atoms with Crippen LogP contribution in [-0.2, 0) is 11.2 Å². The van der Waals surface area contributed by atoms with E-state index in [2.05, 4.69) is 21.2 Å². The molecule has 14 heavy (non-hydrogen) atoms. The highest BCUT2D eigenvalue weighted by atomic mass is 79.9. The maximum absolute atomic E-state index is 11.0. The lowest BCUT2D eigenvalue weighted by Crippen LogP contribution is -2.17. The summed E-state index contributed by atoms with van der Waals surface area (Å²) in [5, 5.41) is 3.27. The lowest BCUT2D eigenvalue weighted by Gasteiger charge is -2.03. The van der Waals surface area contributed by atoms with E-state index in [1.165, 1.54) is 0 Å². The summed E-state index contributed by atoms with van der Waals surface area (Å²) in [6, 6.07) is 5.68. The molecule has 0 aliphatic carbocycles. The number of nitrogens with one attached hydrogen (secondary N) is 1. The van der Waals surface area contributed by atoms with Crippen molar-refractivity contribution in [3.05, 3.63) is 33.3 Å². The second kappa shape index (κ2) is 5.37. The van der Waals surface area contributed by atoms with Crippen LogP contribution in [0.2, 0.25) is 5.02 Å². The first kappa shape index (κ1) is 11.5. The molecular formula is C10H11BrClNO. The van der Waals surface area contributed by atoms with Gasteiger partial charge >= 0.3 is 0 Å². The molecule has 0 atom stereocenters. The van der Waals surface area contributed by atoms with Crippen LogP contribution in [0.4, 0.5) is 0 Å². The number of hydrogen-bond donors (Lipinski definition) is 1. The molecule has 1 aromatic carbocycles. The normalized spacial score (nSPS) is 9.93. The number of halogens is 2. The molecule has 1 N–H and O–H groups in total. The smallest absolute Gasteiger partial charge is 0.220 e. The van der Waals surface area contributed by atoms with Crippen LogP contribution in [0.1, 0.15) is 12.0 Å². The minimum Gasteiger partial charge on any atom is -0.359 e. The van der Waals surface area contributed by atoms with Gasteiger partial charge in [-0.05, 0) is 24.1 Å². The van der Waals surface area contributed by atoms with Crippen LogP contribution in [0.3, 0.4) is 0 Å². The lowest BCUT2D eigenvalue weighted by molar-refractivity contribution is -0.120. The number of amides is 1. The first-order chi connectivity index (χ1) is 6.63. The van der Waals surface area contributed by atoms with Crippen LogP contribution in [0, 0.1) is 0 Å². The van der Waals surface area contributed by atoms with Crippen molar-refractivity contribution in [3.8, 4) is 0 Å². The number of carbonyl (C=O) groups excluding carboxylic acids is 1. The fourth-order valence-electron chi connectivity index (χ4n) is 1.10. The van der Waals surface area contributed by atoms with Gasteiger partial charge in [-0.15, -0.1) is 0 Å². The van der Waals surface area contributed by atoms with Gasteiger partial charge in [0, 0.05) is 23.0 Å². The van der Waals surface area contributed by atoms with Crippen LogP contribution in [0.25, 0.3) is 0 Å². The molecule has 0 aliphatic heterocycles. The van der Waals surface area contributed by atoms with Gasteiger partial charge in [0.25, 0.3) is 0 Å². The van der Waals surface area contributed by atoms with E-state index in [9.17, 15) is 4.79 Å². The summed E-state index contributed by atoms with van der Waals surface area (Å²) < 4.78 is 0.950. The summed E-state index contributed by atoms with van der Waals surface area (Å²) in [4.78, 5) is 11.0. The molecule has 1 rings (SSSR count). The van der Waals surface area contributed by atoms with Crippen LogP contribution in [-0.4, -0.2) is 13.0 Å². The summed E-state index contributed by atoms with van der Waals surface area (Å²) in [6.07, 6.45) is 1.14. The van der Waals surface area contributed by atoms with Gasteiger partial charge in [-0.3, -0.25) is 4.79 Å². The monoisotopic (exact) mass is 275 g/mol. The van der Waals surface area contributed by atoms with Crippen molar-refractivity contribution in [2.24, 2.45) is 0 Å². The number of hydrogen-bond acceptors (Lipinski definition) is 1. The van der Waals surface area contributed by atoms with Gasteiger partial charge in [0.15, 0.2) is 0 Å². The molecule has 0 aromatic heterocycles. The molecular weight excluding hydrogens is 265 g/mol.